The smallest absolute Gasteiger partial charge is 0.255 e. The minimum atomic E-state index is -0.125. The van der Waals surface area contributed by atoms with Crippen molar-refractivity contribution >= 4 is 11.6 Å². The third-order valence-electron chi connectivity index (χ3n) is 3.84. The van der Waals surface area contributed by atoms with Crippen LogP contribution in [0, 0.1) is 20.8 Å². The van der Waals surface area contributed by atoms with Crippen molar-refractivity contribution in [2.45, 2.75) is 20.8 Å². The number of aryl methyl sites for hydroxylation is 2. The Morgan fingerprint density at radius 2 is 1.61 bits per heavy atom. The zero-order chi connectivity index (χ0) is 16.4. The maximum Gasteiger partial charge on any atom is 0.255 e. The second-order valence-corrected chi connectivity index (χ2v) is 5.61. The number of benzene rings is 2. The van der Waals surface area contributed by atoms with Gasteiger partial charge in [0.05, 0.1) is 22.8 Å². The summed E-state index contributed by atoms with van der Waals surface area (Å²) in [6.45, 7) is 5.91. The molecule has 0 aliphatic carbocycles. The van der Waals surface area contributed by atoms with Crippen molar-refractivity contribution in [3.63, 3.8) is 0 Å². The Balaban J connectivity index is 1.92. The van der Waals surface area contributed by atoms with E-state index < -0.39 is 0 Å². The molecule has 116 valence electrons. The summed E-state index contributed by atoms with van der Waals surface area (Å²) in [5, 5.41) is 7.53. The lowest BCUT2D eigenvalue weighted by Gasteiger charge is -2.07. The van der Waals surface area contributed by atoms with E-state index in [2.05, 4.69) is 17.3 Å². The van der Waals surface area contributed by atoms with Gasteiger partial charge in [-0.3, -0.25) is 4.79 Å². The van der Waals surface area contributed by atoms with Crippen LogP contribution in [-0.2, 0) is 0 Å². The molecule has 0 aliphatic heterocycles. The van der Waals surface area contributed by atoms with Crippen molar-refractivity contribution in [1.29, 1.82) is 0 Å². The van der Waals surface area contributed by atoms with Crippen LogP contribution in [0.4, 0.5) is 5.69 Å². The highest BCUT2D eigenvalue weighted by Gasteiger charge is 2.15. The summed E-state index contributed by atoms with van der Waals surface area (Å²) < 4.78 is 1.86. The molecule has 0 aliphatic rings. The molecule has 1 amide bonds. The molecule has 4 nitrogen and oxygen atoms in total. The zero-order valence-corrected chi connectivity index (χ0v) is 13.5. The predicted octanol–water partition coefficient (Wildman–Crippen LogP) is 4.05. The van der Waals surface area contributed by atoms with Gasteiger partial charge < -0.3 is 5.32 Å². The number of nitrogens with one attached hydrogen (secondary N) is 1. The minimum Gasteiger partial charge on any atom is -0.319 e. The van der Waals surface area contributed by atoms with Crippen LogP contribution in [0.15, 0.2) is 54.6 Å². The number of carbonyl (C=O) groups is 1. The molecule has 0 unspecified atom stereocenters. The molecule has 1 aromatic heterocycles. The molecule has 0 bridgehead atoms. The zero-order valence-electron chi connectivity index (χ0n) is 13.5. The van der Waals surface area contributed by atoms with Crippen LogP contribution in [0.5, 0.6) is 0 Å². The second-order valence-electron chi connectivity index (χ2n) is 5.61. The van der Waals surface area contributed by atoms with Crippen molar-refractivity contribution in [3.05, 3.63) is 77.1 Å². The number of nitrogens with zero attached hydrogens (tertiary/aromatic N) is 2. The summed E-state index contributed by atoms with van der Waals surface area (Å²) in [7, 11) is 0. The van der Waals surface area contributed by atoms with Gasteiger partial charge in [-0.2, -0.15) is 5.10 Å². The van der Waals surface area contributed by atoms with Crippen molar-refractivity contribution in [3.8, 4) is 5.69 Å². The number of aromatic nitrogens is 2. The van der Waals surface area contributed by atoms with Gasteiger partial charge in [0.2, 0.25) is 0 Å². The SMILES string of the molecule is Cc1ccc(-n2nc(C)c(NC(=O)c3ccccc3)c2C)cc1. The number of rotatable bonds is 3. The fourth-order valence-electron chi connectivity index (χ4n) is 2.54. The van der Waals surface area contributed by atoms with Gasteiger partial charge in [-0.15, -0.1) is 0 Å². The van der Waals surface area contributed by atoms with Gasteiger partial charge in [0, 0.05) is 5.56 Å². The first-order valence-corrected chi connectivity index (χ1v) is 7.56. The van der Waals surface area contributed by atoms with Crippen LogP contribution in [0.1, 0.15) is 27.3 Å². The van der Waals surface area contributed by atoms with Crippen LogP contribution >= 0.6 is 0 Å². The van der Waals surface area contributed by atoms with Crippen LogP contribution in [0.3, 0.4) is 0 Å². The number of hydrogen-bond acceptors (Lipinski definition) is 2. The van der Waals surface area contributed by atoms with Crippen LogP contribution in [0.2, 0.25) is 0 Å². The third-order valence-corrected chi connectivity index (χ3v) is 3.84. The Hall–Kier alpha value is -2.88. The Morgan fingerprint density at radius 1 is 0.957 bits per heavy atom. The molecule has 3 rings (SSSR count). The van der Waals surface area contributed by atoms with E-state index in [1.807, 2.05) is 61.0 Å². The molecule has 0 radical (unpaired) electrons. The summed E-state index contributed by atoms with van der Waals surface area (Å²) >= 11 is 0. The first-order valence-electron chi connectivity index (χ1n) is 7.56. The Bertz CT molecular complexity index is 833. The molecular formula is C19H19N3O. The van der Waals surface area contributed by atoms with Gasteiger partial charge in [0.15, 0.2) is 0 Å². The highest BCUT2D eigenvalue weighted by molar-refractivity contribution is 6.04. The molecule has 1 N–H and O–H groups in total. The lowest BCUT2D eigenvalue weighted by Crippen LogP contribution is -2.13. The molecule has 1 heterocycles. The molecule has 2 aromatic carbocycles. The first-order chi connectivity index (χ1) is 11.1. The van der Waals surface area contributed by atoms with E-state index in [4.69, 9.17) is 0 Å². The fourth-order valence-corrected chi connectivity index (χ4v) is 2.54. The number of carbonyl (C=O) groups excluding carboxylic acids is 1. The molecule has 0 saturated carbocycles. The van der Waals surface area contributed by atoms with Crippen molar-refractivity contribution in [2.24, 2.45) is 0 Å². The van der Waals surface area contributed by atoms with Gasteiger partial charge in [0.25, 0.3) is 5.91 Å². The van der Waals surface area contributed by atoms with Crippen LogP contribution < -0.4 is 5.32 Å². The summed E-state index contributed by atoms with van der Waals surface area (Å²) in [4.78, 5) is 12.4. The summed E-state index contributed by atoms with van der Waals surface area (Å²) in [5.74, 6) is -0.125. The molecule has 23 heavy (non-hydrogen) atoms. The summed E-state index contributed by atoms with van der Waals surface area (Å²) in [5.41, 5.74) is 5.29. The molecule has 3 aromatic rings. The predicted molar refractivity (Wildman–Crippen MR) is 92.2 cm³/mol. The van der Waals surface area contributed by atoms with E-state index in [1.165, 1.54) is 5.56 Å². The highest BCUT2D eigenvalue weighted by atomic mass is 16.1. The van der Waals surface area contributed by atoms with Crippen LogP contribution in [-0.4, -0.2) is 15.7 Å². The van der Waals surface area contributed by atoms with E-state index in [1.54, 1.807) is 12.1 Å². The molecule has 0 saturated heterocycles. The Kier molecular flexibility index (Phi) is 3.98. The number of anilines is 1. The second kappa shape index (κ2) is 6.08. The largest absolute Gasteiger partial charge is 0.319 e. The topological polar surface area (TPSA) is 46.9 Å². The average molecular weight is 305 g/mol. The summed E-state index contributed by atoms with van der Waals surface area (Å²) in [6, 6.07) is 17.3. The van der Waals surface area contributed by atoms with E-state index in [9.17, 15) is 4.79 Å². The van der Waals surface area contributed by atoms with E-state index in [-0.39, 0.29) is 5.91 Å². The van der Waals surface area contributed by atoms with Gasteiger partial charge in [-0.25, -0.2) is 4.68 Å². The highest BCUT2D eigenvalue weighted by Crippen LogP contribution is 2.23. The molecule has 4 heteroatoms. The Morgan fingerprint density at radius 3 is 2.26 bits per heavy atom. The molecule has 0 atom stereocenters. The van der Waals surface area contributed by atoms with E-state index in [0.717, 1.165) is 22.8 Å². The van der Waals surface area contributed by atoms with Gasteiger partial charge in [-0.1, -0.05) is 35.9 Å². The normalized spacial score (nSPS) is 10.6. The fraction of sp³-hybridized carbons (Fsp3) is 0.158. The van der Waals surface area contributed by atoms with Crippen molar-refractivity contribution < 1.29 is 4.79 Å². The average Bonchev–Trinajstić information content (AvgIpc) is 2.84. The van der Waals surface area contributed by atoms with Crippen LogP contribution in [0.25, 0.3) is 5.69 Å². The van der Waals surface area contributed by atoms with Gasteiger partial charge in [-0.05, 0) is 45.0 Å². The van der Waals surface area contributed by atoms with Crippen molar-refractivity contribution in [1.82, 2.24) is 9.78 Å². The minimum absolute atomic E-state index is 0.125. The molecule has 0 spiro atoms. The number of amides is 1. The molecular weight excluding hydrogens is 286 g/mol. The first kappa shape index (κ1) is 15.0. The lowest BCUT2D eigenvalue weighted by atomic mass is 10.2. The molecule has 0 fully saturated rings. The monoisotopic (exact) mass is 305 g/mol. The maximum atomic E-state index is 12.4. The van der Waals surface area contributed by atoms with Crippen molar-refractivity contribution in [2.75, 3.05) is 5.32 Å². The van der Waals surface area contributed by atoms with Gasteiger partial charge in [0.1, 0.15) is 0 Å². The lowest BCUT2D eigenvalue weighted by molar-refractivity contribution is 0.102. The van der Waals surface area contributed by atoms with E-state index >= 15 is 0 Å². The van der Waals surface area contributed by atoms with E-state index in [0.29, 0.717) is 5.56 Å². The Labute approximate surface area is 135 Å². The third kappa shape index (κ3) is 3.01. The maximum absolute atomic E-state index is 12.4. The van der Waals surface area contributed by atoms with Gasteiger partial charge >= 0.3 is 0 Å². The summed E-state index contributed by atoms with van der Waals surface area (Å²) in [6.07, 6.45) is 0. The quantitative estimate of drug-likeness (QED) is 0.793. The number of hydrogen-bond donors (Lipinski definition) is 1. The standard InChI is InChI=1S/C19H19N3O/c1-13-9-11-17(12-10-13)22-15(3)18(14(2)21-22)20-19(23)16-7-5-4-6-8-16/h4-12H,1-3H3,(H,20,23).